The van der Waals surface area contributed by atoms with Crippen LogP contribution in [0.4, 0.5) is 5.69 Å². The lowest BCUT2D eigenvalue weighted by Gasteiger charge is -2.24. The summed E-state index contributed by atoms with van der Waals surface area (Å²) in [6.45, 7) is 6.43. The molecule has 0 atom stereocenters. The molecular formula is C16H22N2O4. The number of hydrogen-bond donors (Lipinski definition) is 0. The van der Waals surface area contributed by atoms with Crippen LogP contribution >= 0.6 is 0 Å². The Morgan fingerprint density at radius 3 is 2.68 bits per heavy atom. The fourth-order valence-electron chi connectivity index (χ4n) is 2.41. The number of carbonyl (C=O) groups excluding carboxylic acids is 1. The highest BCUT2D eigenvalue weighted by Crippen LogP contribution is 2.29. The lowest BCUT2D eigenvalue weighted by Crippen LogP contribution is -2.39. The van der Waals surface area contributed by atoms with E-state index in [-0.39, 0.29) is 18.2 Å². The van der Waals surface area contributed by atoms with Crippen molar-refractivity contribution in [3.63, 3.8) is 0 Å². The van der Waals surface area contributed by atoms with Gasteiger partial charge in [-0.1, -0.05) is 19.9 Å². The highest BCUT2D eigenvalue weighted by Gasteiger charge is 2.33. The molecule has 120 valence electrons. The number of rotatable bonds is 7. The van der Waals surface area contributed by atoms with Crippen LogP contribution in [0.3, 0.4) is 0 Å². The average molecular weight is 306 g/mol. The molecule has 1 aliphatic carbocycles. The number of nitro benzene ring substituents is 1. The maximum Gasteiger partial charge on any atom is 0.276 e. The van der Waals surface area contributed by atoms with Gasteiger partial charge < -0.3 is 9.64 Å². The third kappa shape index (κ3) is 3.96. The van der Waals surface area contributed by atoms with Crippen LogP contribution in [-0.4, -0.2) is 34.9 Å². The van der Waals surface area contributed by atoms with Gasteiger partial charge >= 0.3 is 0 Å². The fraction of sp³-hybridized carbons (Fsp3) is 0.562. The first kappa shape index (κ1) is 16.3. The molecule has 0 unspecified atom stereocenters. The maximum absolute atomic E-state index is 12.3. The maximum atomic E-state index is 12.3. The first-order valence-corrected chi connectivity index (χ1v) is 7.56. The molecule has 22 heavy (non-hydrogen) atoms. The number of nitro groups is 1. The minimum Gasteiger partial charge on any atom is -0.483 e. The topological polar surface area (TPSA) is 72.7 Å². The first-order valence-electron chi connectivity index (χ1n) is 7.56. The predicted octanol–water partition coefficient (Wildman–Crippen LogP) is 2.93. The Morgan fingerprint density at radius 2 is 2.14 bits per heavy atom. The first-order chi connectivity index (χ1) is 10.4. The van der Waals surface area contributed by atoms with Crippen LogP contribution in [0.5, 0.6) is 5.75 Å². The Hall–Kier alpha value is -2.11. The molecule has 6 nitrogen and oxygen atoms in total. The van der Waals surface area contributed by atoms with Gasteiger partial charge in [-0.2, -0.15) is 0 Å². The van der Waals surface area contributed by atoms with Gasteiger partial charge in [-0.05, 0) is 31.7 Å². The molecule has 1 fully saturated rings. The number of carbonyl (C=O) groups is 1. The van der Waals surface area contributed by atoms with E-state index >= 15 is 0 Å². The van der Waals surface area contributed by atoms with Crippen LogP contribution in [0.15, 0.2) is 18.2 Å². The largest absolute Gasteiger partial charge is 0.483 e. The van der Waals surface area contributed by atoms with Crippen LogP contribution < -0.4 is 4.74 Å². The van der Waals surface area contributed by atoms with Crippen molar-refractivity contribution in [3.05, 3.63) is 33.9 Å². The van der Waals surface area contributed by atoms with Crippen LogP contribution in [-0.2, 0) is 4.79 Å². The fourth-order valence-corrected chi connectivity index (χ4v) is 2.41. The zero-order valence-electron chi connectivity index (χ0n) is 13.2. The van der Waals surface area contributed by atoms with Crippen molar-refractivity contribution in [2.24, 2.45) is 5.92 Å². The van der Waals surface area contributed by atoms with Gasteiger partial charge in [-0.15, -0.1) is 0 Å². The minimum absolute atomic E-state index is 0.00572. The summed E-state index contributed by atoms with van der Waals surface area (Å²) >= 11 is 0. The lowest BCUT2D eigenvalue weighted by molar-refractivity contribution is -0.385. The Balaban J connectivity index is 2.01. The van der Waals surface area contributed by atoms with E-state index in [4.69, 9.17) is 4.74 Å². The van der Waals surface area contributed by atoms with Crippen LogP contribution in [0, 0.1) is 23.0 Å². The molecule has 0 N–H and O–H groups in total. The molecule has 0 spiro atoms. The van der Waals surface area contributed by atoms with E-state index in [1.165, 1.54) is 6.07 Å². The second kappa shape index (κ2) is 6.77. The van der Waals surface area contributed by atoms with Gasteiger partial charge in [0, 0.05) is 18.7 Å². The standard InChI is InChI=1S/C16H22N2O4/c1-11(2)9-17(13-7-8-13)16(19)10-22-15-6-4-5-14(12(15)3)18(20)21/h4-6,11,13H,7-10H2,1-3H3. The smallest absolute Gasteiger partial charge is 0.276 e. The van der Waals surface area contributed by atoms with Crippen molar-refractivity contribution in [3.8, 4) is 5.75 Å². The minimum atomic E-state index is -0.445. The molecule has 6 heteroatoms. The summed E-state index contributed by atoms with van der Waals surface area (Å²) in [4.78, 5) is 24.7. The molecule has 0 radical (unpaired) electrons. The Morgan fingerprint density at radius 1 is 1.45 bits per heavy atom. The SMILES string of the molecule is Cc1c(OCC(=O)N(CC(C)C)C2CC2)cccc1[N+](=O)[O-]. The number of benzene rings is 1. The quantitative estimate of drug-likeness (QED) is 0.573. The van der Waals surface area contributed by atoms with Gasteiger partial charge in [-0.3, -0.25) is 14.9 Å². The average Bonchev–Trinajstić information content (AvgIpc) is 3.27. The highest BCUT2D eigenvalue weighted by atomic mass is 16.6. The summed E-state index contributed by atoms with van der Waals surface area (Å²) in [5.41, 5.74) is 0.452. The van der Waals surface area contributed by atoms with Crippen LogP contribution in [0.2, 0.25) is 0 Å². The summed E-state index contributed by atoms with van der Waals surface area (Å²) in [5.74, 6) is 0.744. The molecule has 1 aliphatic rings. The van der Waals surface area contributed by atoms with Crippen molar-refractivity contribution in [1.29, 1.82) is 0 Å². The molecule has 1 amide bonds. The van der Waals surface area contributed by atoms with E-state index in [0.29, 0.717) is 23.3 Å². The number of ether oxygens (including phenoxy) is 1. The Labute approximate surface area is 130 Å². The van der Waals surface area contributed by atoms with E-state index < -0.39 is 4.92 Å². The highest BCUT2D eigenvalue weighted by molar-refractivity contribution is 5.78. The van der Waals surface area contributed by atoms with Crippen molar-refractivity contribution in [1.82, 2.24) is 4.90 Å². The molecule has 1 saturated carbocycles. The second-order valence-electron chi connectivity index (χ2n) is 6.12. The number of nitrogens with zero attached hydrogens (tertiary/aromatic N) is 2. The van der Waals surface area contributed by atoms with Gasteiger partial charge in [-0.25, -0.2) is 0 Å². The normalized spacial score (nSPS) is 14.0. The zero-order valence-corrected chi connectivity index (χ0v) is 13.2. The van der Waals surface area contributed by atoms with Crippen LogP contribution in [0.1, 0.15) is 32.3 Å². The third-order valence-corrected chi connectivity index (χ3v) is 3.67. The molecule has 0 heterocycles. The molecule has 1 aromatic rings. The Bertz CT molecular complexity index is 567. The monoisotopic (exact) mass is 306 g/mol. The van der Waals surface area contributed by atoms with Gasteiger partial charge in [0.25, 0.3) is 11.6 Å². The molecule has 0 aromatic heterocycles. The van der Waals surface area contributed by atoms with E-state index in [2.05, 4.69) is 13.8 Å². The summed E-state index contributed by atoms with van der Waals surface area (Å²) in [6.07, 6.45) is 2.10. The van der Waals surface area contributed by atoms with Crippen molar-refractivity contribution in [2.45, 2.75) is 39.7 Å². The van der Waals surface area contributed by atoms with E-state index in [1.54, 1.807) is 19.1 Å². The van der Waals surface area contributed by atoms with Crippen molar-refractivity contribution < 1.29 is 14.5 Å². The van der Waals surface area contributed by atoms with Gasteiger partial charge in [0.15, 0.2) is 6.61 Å². The molecule has 1 aromatic carbocycles. The summed E-state index contributed by atoms with van der Waals surface area (Å²) in [5, 5.41) is 10.9. The van der Waals surface area contributed by atoms with E-state index in [9.17, 15) is 14.9 Å². The molecule has 2 rings (SSSR count). The van der Waals surface area contributed by atoms with Crippen LogP contribution in [0.25, 0.3) is 0 Å². The number of amides is 1. The summed E-state index contributed by atoms with van der Waals surface area (Å²) < 4.78 is 5.53. The lowest BCUT2D eigenvalue weighted by atomic mass is 10.2. The van der Waals surface area contributed by atoms with Gasteiger partial charge in [0.2, 0.25) is 0 Å². The predicted molar refractivity (Wildman–Crippen MR) is 82.9 cm³/mol. The molecular weight excluding hydrogens is 284 g/mol. The Kier molecular flexibility index (Phi) is 5.00. The third-order valence-electron chi connectivity index (χ3n) is 3.67. The van der Waals surface area contributed by atoms with E-state index in [0.717, 1.165) is 19.4 Å². The van der Waals surface area contributed by atoms with Crippen molar-refractivity contribution in [2.75, 3.05) is 13.2 Å². The number of hydrogen-bond acceptors (Lipinski definition) is 4. The summed E-state index contributed by atoms with van der Waals surface area (Å²) in [7, 11) is 0. The second-order valence-corrected chi connectivity index (χ2v) is 6.12. The van der Waals surface area contributed by atoms with Crippen molar-refractivity contribution >= 4 is 11.6 Å². The van der Waals surface area contributed by atoms with E-state index in [1.807, 2.05) is 4.90 Å². The summed E-state index contributed by atoms with van der Waals surface area (Å²) in [6, 6.07) is 4.99. The molecule has 0 bridgehead atoms. The van der Waals surface area contributed by atoms with Gasteiger partial charge in [0.1, 0.15) is 5.75 Å². The zero-order chi connectivity index (χ0) is 16.3. The molecule has 0 aliphatic heterocycles. The molecule has 0 saturated heterocycles. The van der Waals surface area contributed by atoms with Gasteiger partial charge in [0.05, 0.1) is 10.5 Å².